The predicted octanol–water partition coefficient (Wildman–Crippen LogP) is 7.09. The van der Waals surface area contributed by atoms with Crippen molar-refractivity contribution >= 4 is 0 Å². The highest BCUT2D eigenvalue weighted by molar-refractivity contribution is 5.53. The minimum atomic E-state index is -0.402. The Morgan fingerprint density at radius 1 is 0.533 bits per heavy atom. The molecule has 3 fully saturated rings. The van der Waals surface area contributed by atoms with Crippen LogP contribution >= 0.6 is 0 Å². The van der Waals surface area contributed by atoms with E-state index in [1.807, 2.05) is 0 Å². The first kappa shape index (κ1) is 29.8. The van der Waals surface area contributed by atoms with Gasteiger partial charge in [0.2, 0.25) is 0 Å². The van der Waals surface area contributed by atoms with Crippen molar-refractivity contribution in [1.29, 1.82) is 0 Å². The van der Waals surface area contributed by atoms with Crippen molar-refractivity contribution in [3.63, 3.8) is 0 Å². The largest absolute Gasteiger partial charge is 0.491 e. The molecule has 0 spiro atoms. The van der Waals surface area contributed by atoms with Crippen LogP contribution in [-0.2, 0) is 25.0 Å². The monoisotopic (exact) mass is 606 g/mol. The van der Waals surface area contributed by atoms with Crippen LogP contribution < -0.4 is 14.2 Å². The SMILES string of the molecule is CC1OC1COc1ccc(C(C)(C)c2ccc(C(C)(c3ccc(OCC4CO4)cc3)c3ccc(OCC4CO4)cc3)cc2)cc1. The lowest BCUT2D eigenvalue weighted by molar-refractivity contribution is 0.260. The molecule has 4 aromatic rings. The van der Waals surface area contributed by atoms with Gasteiger partial charge in [-0.05, 0) is 78.1 Å². The standard InChI is InChI=1S/C39H42O6/c1-26-37(45-26)25-44-34-15-9-28(10-16-34)38(2,3)27-5-7-29(8-6-27)39(4,30-11-17-32(18-12-30)40-21-35-23-42-35)31-13-19-33(20-14-31)41-22-36-24-43-36/h5-20,26,35-37H,21-25H2,1-4H3. The fourth-order valence-corrected chi connectivity index (χ4v) is 5.91. The molecule has 0 radical (unpaired) electrons. The van der Waals surface area contributed by atoms with Gasteiger partial charge in [-0.25, -0.2) is 0 Å². The van der Waals surface area contributed by atoms with E-state index in [1.54, 1.807) is 0 Å². The first-order valence-electron chi connectivity index (χ1n) is 16.0. The van der Waals surface area contributed by atoms with Crippen molar-refractivity contribution in [2.45, 2.75) is 62.9 Å². The molecule has 3 saturated heterocycles. The summed E-state index contributed by atoms with van der Waals surface area (Å²) in [5, 5.41) is 0. The molecule has 4 aromatic carbocycles. The predicted molar refractivity (Wildman–Crippen MR) is 174 cm³/mol. The molecule has 3 heterocycles. The molecule has 6 nitrogen and oxygen atoms in total. The first-order chi connectivity index (χ1) is 21.8. The molecule has 0 bridgehead atoms. The van der Waals surface area contributed by atoms with E-state index in [2.05, 4.69) is 125 Å². The zero-order valence-corrected chi connectivity index (χ0v) is 26.5. The van der Waals surface area contributed by atoms with Gasteiger partial charge in [-0.1, -0.05) is 74.5 Å². The maximum Gasteiger partial charge on any atom is 0.119 e. The lowest BCUT2D eigenvalue weighted by Crippen LogP contribution is -2.26. The quantitative estimate of drug-likeness (QED) is 0.113. The summed E-state index contributed by atoms with van der Waals surface area (Å²) < 4.78 is 33.9. The van der Waals surface area contributed by atoms with E-state index >= 15 is 0 Å². The Balaban J connectivity index is 1.14. The van der Waals surface area contributed by atoms with Crippen LogP contribution in [-0.4, -0.2) is 57.5 Å². The van der Waals surface area contributed by atoms with E-state index in [-0.39, 0.29) is 23.7 Å². The summed E-state index contributed by atoms with van der Waals surface area (Å²) in [7, 11) is 0. The van der Waals surface area contributed by atoms with Crippen molar-refractivity contribution in [3.8, 4) is 17.2 Å². The number of rotatable bonds is 14. The van der Waals surface area contributed by atoms with E-state index in [9.17, 15) is 0 Å². The third-order valence-corrected chi connectivity index (χ3v) is 9.55. The normalized spacial score (nSPS) is 23.1. The van der Waals surface area contributed by atoms with Gasteiger partial charge in [-0.2, -0.15) is 0 Å². The molecule has 0 N–H and O–H groups in total. The van der Waals surface area contributed by atoms with Gasteiger partial charge in [0.25, 0.3) is 0 Å². The molecule has 3 aliphatic heterocycles. The topological polar surface area (TPSA) is 65.3 Å². The van der Waals surface area contributed by atoms with Crippen LogP contribution in [0, 0.1) is 0 Å². The van der Waals surface area contributed by atoms with Gasteiger partial charge in [0.1, 0.15) is 55.4 Å². The summed E-state index contributed by atoms with van der Waals surface area (Å²) in [5.74, 6) is 2.58. The highest BCUT2D eigenvalue weighted by atomic mass is 16.6. The van der Waals surface area contributed by atoms with Gasteiger partial charge in [-0.3, -0.25) is 0 Å². The average molecular weight is 607 g/mol. The Morgan fingerprint density at radius 3 is 1.20 bits per heavy atom. The smallest absolute Gasteiger partial charge is 0.119 e. The first-order valence-corrected chi connectivity index (χ1v) is 16.0. The summed E-state index contributed by atoms with van der Waals surface area (Å²) in [6.45, 7) is 12.3. The molecule has 4 atom stereocenters. The Hall–Kier alpha value is -3.84. The van der Waals surface area contributed by atoms with Gasteiger partial charge in [0.15, 0.2) is 0 Å². The van der Waals surface area contributed by atoms with E-state index in [0.717, 1.165) is 30.5 Å². The van der Waals surface area contributed by atoms with E-state index in [0.29, 0.717) is 25.9 Å². The third kappa shape index (κ3) is 6.74. The summed E-state index contributed by atoms with van der Waals surface area (Å²) >= 11 is 0. The molecule has 234 valence electrons. The average Bonchev–Trinajstić information content (AvgIpc) is 3.95. The Morgan fingerprint density at radius 2 is 0.844 bits per heavy atom. The summed E-state index contributed by atoms with van der Waals surface area (Å²) in [5.41, 5.74) is 5.48. The van der Waals surface area contributed by atoms with Crippen LogP contribution in [0.25, 0.3) is 0 Å². The van der Waals surface area contributed by atoms with Crippen molar-refractivity contribution in [2.75, 3.05) is 33.0 Å². The second-order valence-corrected chi connectivity index (χ2v) is 13.1. The van der Waals surface area contributed by atoms with Crippen molar-refractivity contribution in [2.24, 2.45) is 0 Å². The van der Waals surface area contributed by atoms with Crippen LogP contribution in [0.3, 0.4) is 0 Å². The molecule has 0 aromatic heterocycles. The third-order valence-electron chi connectivity index (χ3n) is 9.55. The number of epoxide rings is 3. The van der Waals surface area contributed by atoms with Gasteiger partial charge in [-0.15, -0.1) is 0 Å². The van der Waals surface area contributed by atoms with Gasteiger partial charge < -0.3 is 28.4 Å². The lowest BCUT2D eigenvalue weighted by atomic mass is 9.70. The Bertz CT molecular complexity index is 1510. The Kier molecular flexibility index (Phi) is 8.07. The number of ether oxygens (including phenoxy) is 6. The van der Waals surface area contributed by atoms with Crippen LogP contribution in [0.1, 0.15) is 55.5 Å². The van der Waals surface area contributed by atoms with Crippen molar-refractivity contribution < 1.29 is 28.4 Å². The van der Waals surface area contributed by atoms with Crippen LogP contribution in [0.4, 0.5) is 0 Å². The lowest BCUT2D eigenvalue weighted by Gasteiger charge is -2.33. The molecule has 4 unspecified atom stereocenters. The van der Waals surface area contributed by atoms with Crippen LogP contribution in [0.5, 0.6) is 17.2 Å². The molecule has 0 amide bonds. The van der Waals surface area contributed by atoms with Crippen LogP contribution in [0.2, 0.25) is 0 Å². The van der Waals surface area contributed by atoms with Crippen LogP contribution in [0.15, 0.2) is 97.1 Å². The molecule has 3 aliphatic rings. The zero-order valence-electron chi connectivity index (χ0n) is 26.5. The van der Waals surface area contributed by atoms with E-state index in [4.69, 9.17) is 28.4 Å². The molecule has 45 heavy (non-hydrogen) atoms. The molecule has 0 aliphatic carbocycles. The Labute approximate surface area is 266 Å². The molecule has 0 saturated carbocycles. The second-order valence-electron chi connectivity index (χ2n) is 13.1. The summed E-state index contributed by atoms with van der Waals surface area (Å²) in [6.07, 6.45) is 0.965. The van der Waals surface area contributed by atoms with Gasteiger partial charge >= 0.3 is 0 Å². The minimum absolute atomic E-state index is 0.184. The molecule has 7 rings (SSSR count). The maximum absolute atomic E-state index is 5.94. The van der Waals surface area contributed by atoms with E-state index < -0.39 is 5.41 Å². The van der Waals surface area contributed by atoms with E-state index in [1.165, 1.54) is 27.8 Å². The summed E-state index contributed by atoms with van der Waals surface area (Å²) in [6, 6.07) is 34.5. The fourth-order valence-electron chi connectivity index (χ4n) is 5.91. The highest BCUT2D eigenvalue weighted by Crippen LogP contribution is 2.41. The second kappa shape index (κ2) is 12.2. The highest BCUT2D eigenvalue weighted by Gasteiger charge is 2.35. The summed E-state index contributed by atoms with van der Waals surface area (Å²) in [4.78, 5) is 0. The number of benzene rings is 4. The molecular weight excluding hydrogens is 564 g/mol. The fraction of sp³-hybridized carbons (Fsp3) is 0.385. The minimum Gasteiger partial charge on any atom is -0.491 e. The van der Waals surface area contributed by atoms with Crippen molar-refractivity contribution in [1.82, 2.24) is 0 Å². The zero-order chi connectivity index (χ0) is 31.0. The van der Waals surface area contributed by atoms with Gasteiger partial charge in [0, 0.05) is 10.8 Å². The molecule has 6 heteroatoms. The van der Waals surface area contributed by atoms with Gasteiger partial charge in [0.05, 0.1) is 19.3 Å². The molecular formula is C39H42O6. The number of hydrogen-bond donors (Lipinski definition) is 0. The number of hydrogen-bond acceptors (Lipinski definition) is 6. The van der Waals surface area contributed by atoms with Crippen molar-refractivity contribution in [3.05, 3.63) is 125 Å². The maximum atomic E-state index is 5.94.